The van der Waals surface area contributed by atoms with Crippen molar-refractivity contribution in [1.29, 1.82) is 0 Å². The van der Waals surface area contributed by atoms with Gasteiger partial charge < -0.3 is 9.73 Å². The third-order valence-corrected chi connectivity index (χ3v) is 2.58. The Morgan fingerprint density at radius 1 is 1.29 bits per heavy atom. The van der Waals surface area contributed by atoms with E-state index in [1.165, 1.54) is 6.07 Å². The molecule has 0 aliphatic heterocycles. The summed E-state index contributed by atoms with van der Waals surface area (Å²) in [6.45, 7) is 2.15. The molecule has 0 radical (unpaired) electrons. The van der Waals surface area contributed by atoms with E-state index in [0.29, 0.717) is 5.56 Å². The molecule has 0 aliphatic carbocycles. The van der Waals surface area contributed by atoms with Crippen LogP contribution in [-0.2, 0) is 6.54 Å². The standard InChI is InChI=1S/C13H13F2NO/c1-9(13-3-2-6-17-13)16-8-10-7-11(14)4-5-12(10)15/h2-7,9,16H,8H2,1H3. The van der Waals surface area contributed by atoms with Crippen LogP contribution in [0.4, 0.5) is 8.78 Å². The van der Waals surface area contributed by atoms with Crippen LogP contribution in [0.15, 0.2) is 41.0 Å². The largest absolute Gasteiger partial charge is 0.468 e. The van der Waals surface area contributed by atoms with Crippen LogP contribution in [0.1, 0.15) is 24.3 Å². The maximum Gasteiger partial charge on any atom is 0.127 e. The summed E-state index contributed by atoms with van der Waals surface area (Å²) in [5.74, 6) is -0.0822. The first kappa shape index (κ1) is 11.8. The first-order valence-electron chi connectivity index (χ1n) is 5.37. The van der Waals surface area contributed by atoms with Crippen molar-refractivity contribution >= 4 is 0 Å². The molecule has 0 bridgehead atoms. The summed E-state index contributed by atoms with van der Waals surface area (Å²) < 4.78 is 31.5. The van der Waals surface area contributed by atoms with Gasteiger partial charge in [0, 0.05) is 12.1 Å². The second-order valence-corrected chi connectivity index (χ2v) is 3.85. The average Bonchev–Trinajstić information content (AvgIpc) is 2.83. The van der Waals surface area contributed by atoms with Crippen molar-refractivity contribution in [2.75, 3.05) is 0 Å². The van der Waals surface area contributed by atoms with Crippen LogP contribution in [0.5, 0.6) is 0 Å². The molecule has 0 saturated carbocycles. The molecule has 0 aliphatic rings. The van der Waals surface area contributed by atoms with Crippen LogP contribution < -0.4 is 5.32 Å². The Morgan fingerprint density at radius 3 is 2.82 bits per heavy atom. The van der Waals surface area contributed by atoms with Gasteiger partial charge in [0.25, 0.3) is 0 Å². The van der Waals surface area contributed by atoms with E-state index < -0.39 is 11.6 Å². The molecule has 1 heterocycles. The van der Waals surface area contributed by atoms with Crippen LogP contribution in [0.2, 0.25) is 0 Å². The fourth-order valence-electron chi connectivity index (χ4n) is 1.58. The van der Waals surface area contributed by atoms with Gasteiger partial charge in [0.1, 0.15) is 17.4 Å². The number of furan rings is 1. The molecule has 2 aromatic rings. The molecule has 1 N–H and O–H groups in total. The van der Waals surface area contributed by atoms with Crippen molar-refractivity contribution in [1.82, 2.24) is 5.32 Å². The van der Waals surface area contributed by atoms with Gasteiger partial charge in [-0.05, 0) is 37.3 Å². The average molecular weight is 237 g/mol. The molecule has 0 saturated heterocycles. The summed E-state index contributed by atoms with van der Waals surface area (Å²) in [7, 11) is 0. The fourth-order valence-corrected chi connectivity index (χ4v) is 1.58. The van der Waals surface area contributed by atoms with Crippen LogP contribution >= 0.6 is 0 Å². The lowest BCUT2D eigenvalue weighted by Crippen LogP contribution is -2.18. The van der Waals surface area contributed by atoms with Crippen LogP contribution in [0.3, 0.4) is 0 Å². The second kappa shape index (κ2) is 5.10. The number of hydrogen-bond donors (Lipinski definition) is 1. The highest BCUT2D eigenvalue weighted by Gasteiger charge is 2.09. The SMILES string of the molecule is CC(NCc1cc(F)ccc1F)c1ccco1. The number of halogens is 2. The highest BCUT2D eigenvalue weighted by molar-refractivity contribution is 5.18. The predicted molar refractivity (Wildman–Crippen MR) is 60.3 cm³/mol. The maximum atomic E-state index is 13.3. The van der Waals surface area contributed by atoms with Crippen molar-refractivity contribution in [2.45, 2.75) is 19.5 Å². The second-order valence-electron chi connectivity index (χ2n) is 3.85. The first-order chi connectivity index (χ1) is 8.16. The van der Waals surface area contributed by atoms with Crippen molar-refractivity contribution < 1.29 is 13.2 Å². The Labute approximate surface area is 98.3 Å². The molecule has 1 unspecified atom stereocenters. The molecule has 1 aromatic heterocycles. The summed E-state index contributed by atoms with van der Waals surface area (Å²) in [6.07, 6.45) is 1.58. The third kappa shape index (κ3) is 2.91. The number of hydrogen-bond acceptors (Lipinski definition) is 2. The van der Waals surface area contributed by atoms with Gasteiger partial charge in [-0.15, -0.1) is 0 Å². The van der Waals surface area contributed by atoms with Gasteiger partial charge in [-0.3, -0.25) is 0 Å². The first-order valence-corrected chi connectivity index (χ1v) is 5.37. The Balaban J connectivity index is 2.00. The smallest absolute Gasteiger partial charge is 0.127 e. The van der Waals surface area contributed by atoms with Crippen molar-refractivity contribution in [3.05, 3.63) is 59.6 Å². The fraction of sp³-hybridized carbons (Fsp3) is 0.231. The van der Waals surface area contributed by atoms with E-state index in [-0.39, 0.29) is 12.6 Å². The zero-order valence-corrected chi connectivity index (χ0v) is 9.41. The van der Waals surface area contributed by atoms with Crippen LogP contribution in [0.25, 0.3) is 0 Å². The lowest BCUT2D eigenvalue weighted by molar-refractivity contribution is 0.426. The molecule has 0 fully saturated rings. The molecule has 1 atom stereocenters. The number of benzene rings is 1. The van der Waals surface area contributed by atoms with E-state index in [1.807, 2.05) is 13.0 Å². The van der Waals surface area contributed by atoms with Crippen molar-refractivity contribution in [3.8, 4) is 0 Å². The lowest BCUT2D eigenvalue weighted by Gasteiger charge is -2.11. The summed E-state index contributed by atoms with van der Waals surface area (Å²) in [6, 6.07) is 7.00. The summed E-state index contributed by atoms with van der Waals surface area (Å²) in [5, 5.41) is 3.07. The molecule has 0 amide bonds. The molecule has 2 rings (SSSR count). The van der Waals surface area contributed by atoms with Gasteiger partial charge in [0.2, 0.25) is 0 Å². The third-order valence-electron chi connectivity index (χ3n) is 2.58. The highest BCUT2D eigenvalue weighted by atomic mass is 19.1. The molecular weight excluding hydrogens is 224 g/mol. The Morgan fingerprint density at radius 2 is 2.12 bits per heavy atom. The molecule has 17 heavy (non-hydrogen) atoms. The van der Waals surface area contributed by atoms with Gasteiger partial charge in [-0.2, -0.15) is 0 Å². The molecule has 2 nitrogen and oxygen atoms in total. The van der Waals surface area contributed by atoms with E-state index >= 15 is 0 Å². The van der Waals surface area contributed by atoms with Crippen LogP contribution in [0, 0.1) is 11.6 Å². The zero-order chi connectivity index (χ0) is 12.3. The van der Waals surface area contributed by atoms with E-state index in [9.17, 15) is 8.78 Å². The van der Waals surface area contributed by atoms with Crippen molar-refractivity contribution in [3.63, 3.8) is 0 Å². The molecule has 1 aromatic carbocycles. The Kier molecular flexibility index (Phi) is 3.54. The minimum Gasteiger partial charge on any atom is -0.468 e. The van der Waals surface area contributed by atoms with Crippen molar-refractivity contribution in [2.24, 2.45) is 0 Å². The monoisotopic (exact) mass is 237 g/mol. The Hall–Kier alpha value is -1.68. The number of rotatable bonds is 4. The van der Waals surface area contributed by atoms with Gasteiger partial charge in [-0.25, -0.2) is 8.78 Å². The summed E-state index contributed by atoms with van der Waals surface area (Å²) in [4.78, 5) is 0. The molecule has 0 spiro atoms. The normalized spacial score (nSPS) is 12.6. The quantitative estimate of drug-likeness (QED) is 0.881. The summed E-state index contributed by atoms with van der Waals surface area (Å²) >= 11 is 0. The summed E-state index contributed by atoms with van der Waals surface area (Å²) in [5.41, 5.74) is 0.309. The van der Waals surface area contributed by atoms with Crippen LogP contribution in [-0.4, -0.2) is 0 Å². The molecule has 4 heteroatoms. The topological polar surface area (TPSA) is 25.2 Å². The molecule has 90 valence electrons. The predicted octanol–water partition coefficient (Wildman–Crippen LogP) is 3.41. The van der Waals surface area contributed by atoms with Gasteiger partial charge >= 0.3 is 0 Å². The zero-order valence-electron chi connectivity index (χ0n) is 9.41. The molecular formula is C13H13F2NO. The number of nitrogens with one attached hydrogen (secondary N) is 1. The van der Waals surface area contributed by atoms with Gasteiger partial charge in [-0.1, -0.05) is 0 Å². The minimum atomic E-state index is -0.436. The van der Waals surface area contributed by atoms with E-state index in [1.54, 1.807) is 12.3 Å². The van der Waals surface area contributed by atoms with E-state index in [4.69, 9.17) is 4.42 Å². The van der Waals surface area contributed by atoms with Gasteiger partial charge in [0.05, 0.1) is 12.3 Å². The van der Waals surface area contributed by atoms with E-state index in [2.05, 4.69) is 5.32 Å². The Bertz CT molecular complexity index is 482. The van der Waals surface area contributed by atoms with E-state index in [0.717, 1.165) is 17.9 Å². The lowest BCUT2D eigenvalue weighted by atomic mass is 10.2. The maximum absolute atomic E-state index is 13.3. The highest BCUT2D eigenvalue weighted by Crippen LogP contribution is 2.15. The van der Waals surface area contributed by atoms with Gasteiger partial charge in [0.15, 0.2) is 0 Å². The minimum absolute atomic E-state index is 0.0485.